The standard InChI is InChI=1S/C22H23N3O/c1-16-15-19(17(2)25(16)18-9-4-3-5-10-18)22(26)24-14-8-12-21(24)20-11-6-7-13-23-20/h3-7,9-11,13,15,21H,8,12,14H2,1-2H3/t21-/m1/s1. The highest BCUT2D eigenvalue weighted by Crippen LogP contribution is 2.33. The molecule has 0 saturated carbocycles. The summed E-state index contributed by atoms with van der Waals surface area (Å²) in [7, 11) is 0. The zero-order valence-electron chi connectivity index (χ0n) is 15.2. The molecule has 26 heavy (non-hydrogen) atoms. The Balaban J connectivity index is 1.69. The van der Waals surface area contributed by atoms with Crippen LogP contribution in [0.1, 0.15) is 46.3 Å². The number of carbonyl (C=O) groups excluding carboxylic acids is 1. The van der Waals surface area contributed by atoms with E-state index in [-0.39, 0.29) is 11.9 Å². The second kappa shape index (κ2) is 6.79. The van der Waals surface area contributed by atoms with Crippen molar-refractivity contribution in [1.82, 2.24) is 14.5 Å². The number of likely N-dealkylation sites (tertiary alicyclic amines) is 1. The van der Waals surface area contributed by atoms with Gasteiger partial charge < -0.3 is 9.47 Å². The summed E-state index contributed by atoms with van der Waals surface area (Å²) in [4.78, 5) is 19.8. The summed E-state index contributed by atoms with van der Waals surface area (Å²) >= 11 is 0. The van der Waals surface area contributed by atoms with E-state index in [1.807, 2.05) is 54.3 Å². The Bertz CT molecular complexity index is 915. The van der Waals surface area contributed by atoms with Gasteiger partial charge in [-0.05, 0) is 57.0 Å². The first-order valence-electron chi connectivity index (χ1n) is 9.13. The van der Waals surface area contributed by atoms with Crippen molar-refractivity contribution in [3.8, 4) is 5.69 Å². The Kier molecular flexibility index (Phi) is 4.33. The molecule has 1 saturated heterocycles. The molecule has 1 aliphatic heterocycles. The van der Waals surface area contributed by atoms with Crippen molar-refractivity contribution >= 4 is 5.91 Å². The zero-order valence-corrected chi connectivity index (χ0v) is 15.2. The van der Waals surface area contributed by atoms with E-state index in [1.54, 1.807) is 6.20 Å². The molecule has 1 aromatic carbocycles. The van der Waals surface area contributed by atoms with Crippen molar-refractivity contribution in [2.45, 2.75) is 32.7 Å². The fraction of sp³-hybridized carbons (Fsp3) is 0.273. The van der Waals surface area contributed by atoms with Crippen LogP contribution in [0.15, 0.2) is 60.8 Å². The Morgan fingerprint density at radius 2 is 1.85 bits per heavy atom. The number of para-hydroxylation sites is 1. The predicted molar refractivity (Wildman–Crippen MR) is 102 cm³/mol. The molecule has 1 fully saturated rings. The van der Waals surface area contributed by atoms with Crippen LogP contribution in [0.3, 0.4) is 0 Å². The maximum absolute atomic E-state index is 13.3. The molecule has 4 heteroatoms. The van der Waals surface area contributed by atoms with Gasteiger partial charge in [-0.25, -0.2) is 0 Å². The van der Waals surface area contributed by atoms with Gasteiger partial charge in [-0.2, -0.15) is 0 Å². The van der Waals surface area contributed by atoms with Gasteiger partial charge in [0.15, 0.2) is 0 Å². The van der Waals surface area contributed by atoms with Gasteiger partial charge in [-0.15, -0.1) is 0 Å². The minimum Gasteiger partial charge on any atom is -0.330 e. The van der Waals surface area contributed by atoms with Gasteiger partial charge >= 0.3 is 0 Å². The maximum Gasteiger partial charge on any atom is 0.256 e. The van der Waals surface area contributed by atoms with Gasteiger partial charge in [-0.1, -0.05) is 24.3 Å². The number of aryl methyl sites for hydroxylation is 1. The number of pyridine rings is 1. The fourth-order valence-electron chi connectivity index (χ4n) is 4.00. The molecule has 4 nitrogen and oxygen atoms in total. The van der Waals surface area contributed by atoms with Gasteiger partial charge in [-0.3, -0.25) is 9.78 Å². The summed E-state index contributed by atoms with van der Waals surface area (Å²) in [5.74, 6) is 0.105. The molecule has 132 valence electrons. The fourth-order valence-corrected chi connectivity index (χ4v) is 4.00. The Morgan fingerprint density at radius 1 is 1.08 bits per heavy atom. The highest BCUT2D eigenvalue weighted by Gasteiger charge is 2.33. The van der Waals surface area contributed by atoms with Crippen molar-refractivity contribution in [3.05, 3.63) is 83.4 Å². The van der Waals surface area contributed by atoms with E-state index >= 15 is 0 Å². The van der Waals surface area contributed by atoms with Crippen molar-refractivity contribution in [2.75, 3.05) is 6.54 Å². The van der Waals surface area contributed by atoms with Crippen molar-refractivity contribution < 1.29 is 4.79 Å². The largest absolute Gasteiger partial charge is 0.330 e. The van der Waals surface area contributed by atoms with Crippen LogP contribution >= 0.6 is 0 Å². The highest BCUT2D eigenvalue weighted by molar-refractivity contribution is 5.96. The van der Waals surface area contributed by atoms with Crippen molar-refractivity contribution in [3.63, 3.8) is 0 Å². The number of rotatable bonds is 3. The van der Waals surface area contributed by atoms with E-state index < -0.39 is 0 Å². The number of nitrogens with zero attached hydrogens (tertiary/aromatic N) is 3. The molecule has 0 aliphatic carbocycles. The van der Waals surface area contributed by atoms with E-state index in [2.05, 4.69) is 28.6 Å². The monoisotopic (exact) mass is 345 g/mol. The van der Waals surface area contributed by atoms with Crippen LogP contribution in [0.4, 0.5) is 0 Å². The van der Waals surface area contributed by atoms with Crippen LogP contribution in [0, 0.1) is 13.8 Å². The zero-order chi connectivity index (χ0) is 18.1. The lowest BCUT2D eigenvalue weighted by molar-refractivity contribution is 0.0732. The molecule has 0 radical (unpaired) electrons. The first-order valence-corrected chi connectivity index (χ1v) is 9.13. The molecular weight excluding hydrogens is 322 g/mol. The van der Waals surface area contributed by atoms with Crippen LogP contribution in [0.5, 0.6) is 0 Å². The Labute approximate surface area is 154 Å². The third kappa shape index (κ3) is 2.81. The number of amides is 1. The van der Waals surface area contributed by atoms with Gasteiger partial charge in [0.25, 0.3) is 5.91 Å². The summed E-state index contributed by atoms with van der Waals surface area (Å²) in [6.45, 7) is 4.87. The highest BCUT2D eigenvalue weighted by atomic mass is 16.2. The molecular formula is C22H23N3O. The molecule has 0 unspecified atom stereocenters. The van der Waals surface area contributed by atoms with Crippen LogP contribution in [0.25, 0.3) is 5.69 Å². The lowest BCUT2D eigenvalue weighted by atomic mass is 10.1. The summed E-state index contributed by atoms with van der Waals surface area (Å²) in [6.07, 6.45) is 3.79. The van der Waals surface area contributed by atoms with Crippen LogP contribution in [-0.4, -0.2) is 26.9 Å². The molecule has 3 aromatic rings. The molecule has 1 aliphatic rings. The minimum absolute atomic E-state index is 0.0727. The van der Waals surface area contributed by atoms with Crippen molar-refractivity contribution in [2.24, 2.45) is 0 Å². The summed E-state index contributed by atoms with van der Waals surface area (Å²) < 4.78 is 2.15. The van der Waals surface area contributed by atoms with E-state index in [0.29, 0.717) is 0 Å². The summed E-state index contributed by atoms with van der Waals surface area (Å²) in [5.41, 5.74) is 4.92. The topological polar surface area (TPSA) is 38.1 Å². The SMILES string of the molecule is Cc1cc(C(=O)N2CCC[C@@H]2c2ccccn2)c(C)n1-c1ccccc1. The first-order chi connectivity index (χ1) is 12.7. The van der Waals surface area contributed by atoms with Crippen LogP contribution < -0.4 is 0 Å². The second-order valence-electron chi connectivity index (χ2n) is 6.87. The number of carbonyl (C=O) groups is 1. The summed E-state index contributed by atoms with van der Waals surface area (Å²) in [5, 5.41) is 0. The van der Waals surface area contributed by atoms with Gasteiger partial charge in [0, 0.05) is 29.8 Å². The Hall–Kier alpha value is -2.88. The van der Waals surface area contributed by atoms with Gasteiger partial charge in [0.05, 0.1) is 17.3 Å². The quantitative estimate of drug-likeness (QED) is 0.702. The smallest absolute Gasteiger partial charge is 0.256 e. The van der Waals surface area contributed by atoms with Crippen molar-refractivity contribution in [1.29, 1.82) is 0 Å². The van der Waals surface area contributed by atoms with Gasteiger partial charge in [0.2, 0.25) is 0 Å². The molecule has 1 amide bonds. The average molecular weight is 345 g/mol. The third-order valence-corrected chi connectivity index (χ3v) is 5.22. The molecule has 2 aromatic heterocycles. The van der Waals surface area contributed by atoms with E-state index in [4.69, 9.17) is 0 Å². The number of aromatic nitrogens is 2. The van der Waals surface area contributed by atoms with Crippen LogP contribution in [0.2, 0.25) is 0 Å². The lowest BCUT2D eigenvalue weighted by Crippen LogP contribution is -2.31. The van der Waals surface area contributed by atoms with E-state index in [1.165, 1.54) is 0 Å². The average Bonchev–Trinajstić information content (AvgIpc) is 3.27. The molecule has 0 N–H and O–H groups in total. The minimum atomic E-state index is 0.0727. The normalized spacial score (nSPS) is 16.8. The third-order valence-electron chi connectivity index (χ3n) is 5.22. The first kappa shape index (κ1) is 16.6. The molecule has 0 bridgehead atoms. The van der Waals surface area contributed by atoms with Crippen LogP contribution in [-0.2, 0) is 0 Å². The second-order valence-corrected chi connectivity index (χ2v) is 6.87. The maximum atomic E-state index is 13.3. The molecule has 4 rings (SSSR count). The predicted octanol–water partition coefficient (Wildman–Crippen LogP) is 4.47. The Morgan fingerprint density at radius 3 is 2.58 bits per heavy atom. The summed E-state index contributed by atoms with van der Waals surface area (Å²) in [6, 6.07) is 18.2. The van der Waals surface area contributed by atoms with Gasteiger partial charge in [0.1, 0.15) is 0 Å². The lowest BCUT2D eigenvalue weighted by Gasteiger charge is -2.24. The number of hydrogen-bond acceptors (Lipinski definition) is 2. The molecule has 1 atom stereocenters. The number of hydrogen-bond donors (Lipinski definition) is 0. The molecule has 3 heterocycles. The van der Waals surface area contributed by atoms with E-state index in [9.17, 15) is 4.79 Å². The van der Waals surface area contributed by atoms with E-state index in [0.717, 1.165) is 47.7 Å². The number of benzene rings is 1. The molecule has 0 spiro atoms.